The van der Waals surface area contributed by atoms with Crippen LogP contribution in [-0.4, -0.2) is 5.91 Å². The molecule has 0 bridgehead atoms. The zero-order valence-corrected chi connectivity index (χ0v) is 12.0. The van der Waals surface area contributed by atoms with Crippen LogP contribution in [0.5, 0.6) is 0 Å². The number of thiophene rings is 1. The van der Waals surface area contributed by atoms with E-state index in [4.69, 9.17) is 0 Å². The van der Waals surface area contributed by atoms with Crippen LogP contribution in [0.2, 0.25) is 0 Å². The van der Waals surface area contributed by atoms with Crippen molar-refractivity contribution in [1.29, 1.82) is 0 Å². The average Bonchev–Trinajstić information content (AvgIpc) is 2.77. The Bertz CT molecular complexity index is 546. The lowest BCUT2D eigenvalue weighted by Crippen LogP contribution is -2.12. The summed E-state index contributed by atoms with van der Waals surface area (Å²) < 4.78 is 0. The standard InChI is InChI=1S/C15H18N2OS/c1-11-7-8-19-15(11)10-16-9-13-3-5-14(6-4-13)17-12(2)18/h3-8,16H,9-10H2,1-2H3,(H,17,18). The zero-order chi connectivity index (χ0) is 13.7. The van der Waals surface area contributed by atoms with Gasteiger partial charge < -0.3 is 10.6 Å². The van der Waals surface area contributed by atoms with Crippen molar-refractivity contribution in [2.24, 2.45) is 0 Å². The molecule has 0 fully saturated rings. The number of hydrogen-bond acceptors (Lipinski definition) is 3. The van der Waals surface area contributed by atoms with Crippen molar-refractivity contribution in [1.82, 2.24) is 5.32 Å². The lowest BCUT2D eigenvalue weighted by molar-refractivity contribution is -0.114. The van der Waals surface area contributed by atoms with Gasteiger partial charge in [-0.15, -0.1) is 11.3 Å². The number of aryl methyl sites for hydroxylation is 1. The third kappa shape index (κ3) is 4.19. The van der Waals surface area contributed by atoms with Gasteiger partial charge in [0.1, 0.15) is 0 Å². The maximum Gasteiger partial charge on any atom is 0.221 e. The van der Waals surface area contributed by atoms with Crippen LogP contribution in [-0.2, 0) is 17.9 Å². The van der Waals surface area contributed by atoms with Gasteiger partial charge in [0.05, 0.1) is 0 Å². The van der Waals surface area contributed by atoms with E-state index >= 15 is 0 Å². The van der Waals surface area contributed by atoms with E-state index < -0.39 is 0 Å². The summed E-state index contributed by atoms with van der Waals surface area (Å²) in [6, 6.07) is 10.0. The summed E-state index contributed by atoms with van der Waals surface area (Å²) in [6.07, 6.45) is 0. The van der Waals surface area contributed by atoms with Crippen LogP contribution < -0.4 is 10.6 Å². The monoisotopic (exact) mass is 274 g/mol. The van der Waals surface area contributed by atoms with Gasteiger partial charge in [-0.2, -0.15) is 0 Å². The van der Waals surface area contributed by atoms with Gasteiger partial charge in [0.15, 0.2) is 0 Å². The summed E-state index contributed by atoms with van der Waals surface area (Å²) in [5.41, 5.74) is 3.40. The van der Waals surface area contributed by atoms with Crippen molar-refractivity contribution in [3.8, 4) is 0 Å². The number of rotatable bonds is 5. The molecule has 1 amide bonds. The highest BCUT2D eigenvalue weighted by Crippen LogP contribution is 2.15. The van der Waals surface area contributed by atoms with E-state index in [1.807, 2.05) is 24.3 Å². The smallest absolute Gasteiger partial charge is 0.221 e. The highest BCUT2D eigenvalue weighted by molar-refractivity contribution is 7.10. The number of carbonyl (C=O) groups is 1. The van der Waals surface area contributed by atoms with E-state index in [1.54, 1.807) is 11.3 Å². The van der Waals surface area contributed by atoms with Gasteiger partial charge in [0.2, 0.25) is 5.91 Å². The number of amides is 1. The Morgan fingerprint density at radius 1 is 1.16 bits per heavy atom. The molecule has 0 aliphatic heterocycles. The predicted octanol–water partition coefficient (Wildman–Crippen LogP) is 3.30. The molecule has 100 valence electrons. The summed E-state index contributed by atoms with van der Waals surface area (Å²) in [5, 5.41) is 8.31. The van der Waals surface area contributed by atoms with E-state index in [9.17, 15) is 4.79 Å². The molecule has 2 aromatic rings. The molecule has 4 heteroatoms. The van der Waals surface area contributed by atoms with E-state index in [1.165, 1.54) is 22.9 Å². The predicted molar refractivity (Wildman–Crippen MR) is 80.3 cm³/mol. The van der Waals surface area contributed by atoms with Gasteiger partial charge in [-0.05, 0) is 41.6 Å². The first-order valence-corrected chi connectivity index (χ1v) is 7.13. The van der Waals surface area contributed by atoms with Crippen LogP contribution in [0.25, 0.3) is 0 Å². The summed E-state index contributed by atoms with van der Waals surface area (Å²) in [7, 11) is 0. The Balaban J connectivity index is 1.83. The summed E-state index contributed by atoms with van der Waals surface area (Å²) in [5.74, 6) is -0.0426. The quantitative estimate of drug-likeness (QED) is 0.878. The van der Waals surface area contributed by atoms with Gasteiger partial charge in [0.25, 0.3) is 0 Å². The van der Waals surface area contributed by atoms with Crippen LogP contribution in [0.4, 0.5) is 5.69 Å². The second-order valence-corrected chi connectivity index (χ2v) is 5.51. The first-order valence-electron chi connectivity index (χ1n) is 6.25. The molecule has 0 saturated carbocycles. The number of hydrogen-bond donors (Lipinski definition) is 2. The molecule has 0 unspecified atom stereocenters. The number of carbonyl (C=O) groups excluding carboxylic acids is 1. The second kappa shape index (κ2) is 6.50. The molecule has 2 N–H and O–H groups in total. The van der Waals surface area contributed by atoms with Crippen LogP contribution in [0.1, 0.15) is 22.9 Å². The molecule has 0 spiro atoms. The van der Waals surface area contributed by atoms with Crippen molar-refractivity contribution in [3.63, 3.8) is 0 Å². The van der Waals surface area contributed by atoms with Crippen LogP contribution in [0, 0.1) is 6.92 Å². The van der Waals surface area contributed by atoms with E-state index in [2.05, 4.69) is 29.0 Å². The first kappa shape index (κ1) is 13.8. The van der Waals surface area contributed by atoms with Crippen molar-refractivity contribution in [3.05, 3.63) is 51.7 Å². The Labute approximate surface area is 117 Å². The molecule has 1 aromatic carbocycles. The van der Waals surface area contributed by atoms with Gasteiger partial charge >= 0.3 is 0 Å². The molecular formula is C15H18N2OS. The molecule has 0 radical (unpaired) electrons. The lowest BCUT2D eigenvalue weighted by Gasteiger charge is -2.06. The molecule has 19 heavy (non-hydrogen) atoms. The summed E-state index contributed by atoms with van der Waals surface area (Å²) >= 11 is 1.78. The lowest BCUT2D eigenvalue weighted by atomic mass is 10.2. The number of anilines is 1. The maximum absolute atomic E-state index is 10.9. The average molecular weight is 274 g/mol. The fraction of sp³-hybridized carbons (Fsp3) is 0.267. The van der Waals surface area contributed by atoms with Crippen molar-refractivity contribution < 1.29 is 4.79 Å². The fourth-order valence-electron chi connectivity index (χ4n) is 1.81. The summed E-state index contributed by atoms with van der Waals surface area (Å²) in [4.78, 5) is 12.3. The van der Waals surface area contributed by atoms with Crippen molar-refractivity contribution in [2.45, 2.75) is 26.9 Å². The minimum Gasteiger partial charge on any atom is -0.326 e. The van der Waals surface area contributed by atoms with E-state index in [-0.39, 0.29) is 5.91 Å². The Morgan fingerprint density at radius 3 is 2.47 bits per heavy atom. The normalized spacial score (nSPS) is 10.4. The minimum atomic E-state index is -0.0426. The maximum atomic E-state index is 10.9. The third-order valence-corrected chi connectivity index (χ3v) is 3.88. The molecule has 0 atom stereocenters. The van der Waals surface area contributed by atoms with Crippen LogP contribution in [0.15, 0.2) is 35.7 Å². The largest absolute Gasteiger partial charge is 0.326 e. The Morgan fingerprint density at radius 2 is 1.89 bits per heavy atom. The van der Waals surface area contributed by atoms with E-state index in [0.717, 1.165) is 18.8 Å². The number of nitrogens with one attached hydrogen (secondary N) is 2. The molecule has 0 aliphatic rings. The van der Waals surface area contributed by atoms with Gasteiger partial charge in [-0.25, -0.2) is 0 Å². The highest BCUT2D eigenvalue weighted by atomic mass is 32.1. The van der Waals surface area contributed by atoms with Crippen LogP contribution >= 0.6 is 11.3 Å². The molecule has 0 aliphatic carbocycles. The molecule has 2 rings (SSSR count). The zero-order valence-electron chi connectivity index (χ0n) is 11.2. The fourth-order valence-corrected chi connectivity index (χ4v) is 2.69. The number of benzene rings is 1. The van der Waals surface area contributed by atoms with E-state index in [0.29, 0.717) is 0 Å². The third-order valence-electron chi connectivity index (χ3n) is 2.86. The van der Waals surface area contributed by atoms with Crippen molar-refractivity contribution >= 4 is 22.9 Å². The first-order chi connectivity index (χ1) is 9.15. The molecular weight excluding hydrogens is 256 g/mol. The Hall–Kier alpha value is -1.65. The second-order valence-electron chi connectivity index (χ2n) is 4.51. The Kier molecular flexibility index (Phi) is 4.71. The van der Waals surface area contributed by atoms with Gasteiger partial charge in [0, 0.05) is 30.6 Å². The molecule has 3 nitrogen and oxygen atoms in total. The highest BCUT2D eigenvalue weighted by Gasteiger charge is 2.00. The van der Waals surface area contributed by atoms with Crippen LogP contribution in [0.3, 0.4) is 0 Å². The van der Waals surface area contributed by atoms with Gasteiger partial charge in [-0.3, -0.25) is 4.79 Å². The molecule has 1 aromatic heterocycles. The van der Waals surface area contributed by atoms with Gasteiger partial charge in [-0.1, -0.05) is 12.1 Å². The topological polar surface area (TPSA) is 41.1 Å². The minimum absolute atomic E-state index is 0.0426. The SMILES string of the molecule is CC(=O)Nc1ccc(CNCc2sccc2C)cc1. The van der Waals surface area contributed by atoms with Crippen molar-refractivity contribution in [2.75, 3.05) is 5.32 Å². The molecule has 1 heterocycles. The summed E-state index contributed by atoms with van der Waals surface area (Å²) in [6.45, 7) is 5.38. The molecule has 0 saturated heterocycles.